The maximum Gasteiger partial charge on any atom is 0.191 e. The molecule has 0 spiro atoms. The highest BCUT2D eigenvalue weighted by molar-refractivity contribution is 6.38. The van der Waals surface area contributed by atoms with Crippen LogP contribution in [0.3, 0.4) is 0 Å². The van der Waals surface area contributed by atoms with Gasteiger partial charge in [-0.1, -0.05) is 29.3 Å². The smallest absolute Gasteiger partial charge is 0.191 e. The minimum atomic E-state index is -0.0648. The number of rotatable bonds is 1. The summed E-state index contributed by atoms with van der Waals surface area (Å²) in [4.78, 5) is 3.77. The molecule has 0 aliphatic carbocycles. The monoisotopic (exact) mass is 203 g/mol. The first-order chi connectivity index (χ1) is 5.61. The Hall–Kier alpha value is -0.930. The number of aliphatic imine (C=N–C) groups is 1. The number of nitrogens with zero attached hydrogens (tertiary/aromatic N) is 1. The Morgan fingerprint density at radius 2 is 1.67 bits per heavy atom. The lowest BCUT2D eigenvalue weighted by atomic mass is 10.3. The van der Waals surface area contributed by atoms with Gasteiger partial charge in [0.05, 0.1) is 10.0 Å². The number of para-hydroxylation sites is 1. The topological polar surface area (TPSA) is 64.4 Å². The molecule has 0 unspecified atom stereocenters. The van der Waals surface area contributed by atoms with Crippen molar-refractivity contribution in [1.82, 2.24) is 0 Å². The zero-order chi connectivity index (χ0) is 9.14. The highest BCUT2D eigenvalue weighted by atomic mass is 35.5. The van der Waals surface area contributed by atoms with Crippen molar-refractivity contribution in [2.24, 2.45) is 16.5 Å². The summed E-state index contributed by atoms with van der Waals surface area (Å²) in [6, 6.07) is 5.04. The molecule has 64 valence electrons. The normalized spacial score (nSPS) is 9.50. The van der Waals surface area contributed by atoms with Gasteiger partial charge in [0, 0.05) is 0 Å². The van der Waals surface area contributed by atoms with Gasteiger partial charge < -0.3 is 11.5 Å². The summed E-state index contributed by atoms with van der Waals surface area (Å²) in [7, 11) is 0. The molecule has 1 aromatic rings. The summed E-state index contributed by atoms with van der Waals surface area (Å²) >= 11 is 11.5. The summed E-state index contributed by atoms with van der Waals surface area (Å²) < 4.78 is 0. The maximum absolute atomic E-state index is 5.77. The lowest BCUT2D eigenvalue weighted by Gasteiger charge is -2.00. The quantitative estimate of drug-likeness (QED) is 0.541. The zero-order valence-electron chi connectivity index (χ0n) is 6.09. The van der Waals surface area contributed by atoms with Gasteiger partial charge in [0.25, 0.3) is 0 Å². The molecule has 1 rings (SSSR count). The third-order valence-corrected chi connectivity index (χ3v) is 1.79. The second-order valence-corrected chi connectivity index (χ2v) is 2.92. The minimum Gasteiger partial charge on any atom is -0.370 e. The van der Waals surface area contributed by atoms with Crippen molar-refractivity contribution in [3.63, 3.8) is 0 Å². The van der Waals surface area contributed by atoms with Crippen LogP contribution in [0, 0.1) is 0 Å². The highest BCUT2D eigenvalue weighted by Gasteiger charge is 2.02. The number of guanidine groups is 1. The Morgan fingerprint density at radius 1 is 1.17 bits per heavy atom. The van der Waals surface area contributed by atoms with Crippen LogP contribution in [0.1, 0.15) is 0 Å². The Morgan fingerprint density at radius 3 is 2.08 bits per heavy atom. The van der Waals surface area contributed by atoms with Gasteiger partial charge in [-0.25, -0.2) is 4.99 Å². The number of hydrogen-bond donors (Lipinski definition) is 2. The van der Waals surface area contributed by atoms with Crippen molar-refractivity contribution in [2.75, 3.05) is 0 Å². The molecule has 0 aromatic heterocycles. The average molecular weight is 204 g/mol. The molecule has 0 aliphatic rings. The molecule has 4 N–H and O–H groups in total. The van der Waals surface area contributed by atoms with Crippen molar-refractivity contribution in [3.05, 3.63) is 28.2 Å². The van der Waals surface area contributed by atoms with Gasteiger partial charge in [0.1, 0.15) is 5.69 Å². The first kappa shape index (κ1) is 9.16. The van der Waals surface area contributed by atoms with Crippen LogP contribution in [0.2, 0.25) is 10.0 Å². The number of halogens is 2. The molecule has 0 bridgehead atoms. The Bertz CT molecular complexity index is 298. The Balaban J connectivity index is 3.22. The molecule has 1 aromatic carbocycles. The van der Waals surface area contributed by atoms with Crippen LogP contribution in [-0.4, -0.2) is 5.96 Å². The van der Waals surface area contributed by atoms with Crippen molar-refractivity contribution in [2.45, 2.75) is 0 Å². The van der Waals surface area contributed by atoms with E-state index in [4.69, 9.17) is 34.7 Å². The van der Waals surface area contributed by atoms with E-state index in [1.54, 1.807) is 18.2 Å². The van der Waals surface area contributed by atoms with E-state index in [2.05, 4.69) is 4.99 Å². The summed E-state index contributed by atoms with van der Waals surface area (Å²) in [6.45, 7) is 0. The lowest BCUT2D eigenvalue weighted by Crippen LogP contribution is -2.21. The van der Waals surface area contributed by atoms with Gasteiger partial charge in [0.2, 0.25) is 0 Å². The van der Waals surface area contributed by atoms with E-state index < -0.39 is 0 Å². The zero-order valence-corrected chi connectivity index (χ0v) is 7.60. The molecule has 0 aliphatic heterocycles. The van der Waals surface area contributed by atoms with Gasteiger partial charge in [-0.15, -0.1) is 0 Å². The van der Waals surface area contributed by atoms with Gasteiger partial charge in [-0.3, -0.25) is 0 Å². The van der Waals surface area contributed by atoms with Crippen LogP contribution in [0.5, 0.6) is 0 Å². The summed E-state index contributed by atoms with van der Waals surface area (Å²) in [6.07, 6.45) is 0. The number of hydrogen-bond acceptors (Lipinski definition) is 1. The van der Waals surface area contributed by atoms with Crippen molar-refractivity contribution < 1.29 is 0 Å². The predicted molar refractivity (Wildman–Crippen MR) is 51.9 cm³/mol. The molecule has 0 saturated heterocycles. The van der Waals surface area contributed by atoms with Crippen LogP contribution < -0.4 is 11.5 Å². The minimum absolute atomic E-state index is 0.0648. The number of benzene rings is 1. The van der Waals surface area contributed by atoms with Gasteiger partial charge in [0.15, 0.2) is 5.96 Å². The van der Waals surface area contributed by atoms with Crippen LogP contribution in [-0.2, 0) is 0 Å². The van der Waals surface area contributed by atoms with Gasteiger partial charge in [-0.05, 0) is 12.1 Å². The standard InChI is InChI=1S/C7H7Cl2N3/c8-4-2-1-3-5(9)6(4)12-7(10)11/h1-3H,(H4,10,11,12). The van der Waals surface area contributed by atoms with E-state index in [0.717, 1.165) is 0 Å². The van der Waals surface area contributed by atoms with E-state index in [-0.39, 0.29) is 5.96 Å². The van der Waals surface area contributed by atoms with Crippen LogP contribution >= 0.6 is 23.2 Å². The van der Waals surface area contributed by atoms with Crippen molar-refractivity contribution in [3.8, 4) is 0 Å². The summed E-state index contributed by atoms with van der Waals surface area (Å²) in [5.41, 5.74) is 10.7. The van der Waals surface area contributed by atoms with E-state index >= 15 is 0 Å². The first-order valence-corrected chi connectivity index (χ1v) is 3.90. The Labute approximate surface area is 80.0 Å². The molecular formula is C7H7Cl2N3. The maximum atomic E-state index is 5.77. The lowest BCUT2D eigenvalue weighted by molar-refractivity contribution is 1.42. The van der Waals surface area contributed by atoms with E-state index in [1.165, 1.54) is 0 Å². The molecule has 0 fully saturated rings. The summed E-state index contributed by atoms with van der Waals surface area (Å²) in [5.74, 6) is -0.0648. The Kier molecular flexibility index (Phi) is 2.78. The molecule has 12 heavy (non-hydrogen) atoms. The average Bonchev–Trinajstić information content (AvgIpc) is 1.97. The SMILES string of the molecule is NC(N)=Nc1c(Cl)cccc1Cl. The van der Waals surface area contributed by atoms with E-state index in [0.29, 0.717) is 15.7 Å². The number of nitrogens with two attached hydrogens (primary N) is 2. The molecule has 0 heterocycles. The largest absolute Gasteiger partial charge is 0.370 e. The second kappa shape index (κ2) is 3.65. The summed E-state index contributed by atoms with van der Waals surface area (Å²) in [5, 5.41) is 0.854. The van der Waals surface area contributed by atoms with E-state index in [1.807, 2.05) is 0 Å². The van der Waals surface area contributed by atoms with Crippen LogP contribution in [0.25, 0.3) is 0 Å². The highest BCUT2D eigenvalue weighted by Crippen LogP contribution is 2.32. The molecule has 0 radical (unpaired) electrons. The van der Waals surface area contributed by atoms with Crippen LogP contribution in [0.4, 0.5) is 5.69 Å². The first-order valence-electron chi connectivity index (χ1n) is 3.15. The molecule has 5 heteroatoms. The fraction of sp³-hybridized carbons (Fsp3) is 0. The molecule has 0 saturated carbocycles. The van der Waals surface area contributed by atoms with Crippen molar-refractivity contribution in [1.29, 1.82) is 0 Å². The van der Waals surface area contributed by atoms with Gasteiger partial charge >= 0.3 is 0 Å². The third-order valence-electron chi connectivity index (χ3n) is 1.18. The van der Waals surface area contributed by atoms with Crippen LogP contribution in [0.15, 0.2) is 23.2 Å². The molecule has 0 atom stereocenters. The third kappa shape index (κ3) is 2.03. The van der Waals surface area contributed by atoms with Gasteiger partial charge in [-0.2, -0.15) is 0 Å². The van der Waals surface area contributed by atoms with Crippen molar-refractivity contribution >= 4 is 34.8 Å². The fourth-order valence-electron chi connectivity index (χ4n) is 0.725. The fourth-order valence-corrected chi connectivity index (χ4v) is 1.21. The molecule has 3 nitrogen and oxygen atoms in total. The molecular weight excluding hydrogens is 197 g/mol. The molecule has 0 amide bonds. The van der Waals surface area contributed by atoms with E-state index in [9.17, 15) is 0 Å². The second-order valence-electron chi connectivity index (χ2n) is 2.11. The predicted octanol–water partition coefficient (Wildman–Crippen LogP) is 1.90.